The Bertz CT molecular complexity index is 192. The van der Waals surface area contributed by atoms with Crippen LogP contribution in [0.2, 0.25) is 0 Å². The SMILES string of the molecule is C1=CC/C=C/CC/C=C\C/C=C/C1. The van der Waals surface area contributed by atoms with Gasteiger partial charge < -0.3 is 0 Å². The molecule has 0 spiro atoms. The molecule has 1 rings (SSSR count). The van der Waals surface area contributed by atoms with E-state index < -0.39 is 0 Å². The van der Waals surface area contributed by atoms with Gasteiger partial charge in [0.25, 0.3) is 0 Å². The second-order valence-electron chi connectivity index (χ2n) is 3.17. The van der Waals surface area contributed by atoms with Crippen LogP contribution in [0.5, 0.6) is 0 Å². The summed E-state index contributed by atoms with van der Waals surface area (Å²) in [6.45, 7) is 0. The number of hydrogen-bond donors (Lipinski definition) is 0. The first kappa shape index (κ1) is 10.0. The Morgan fingerprint density at radius 2 is 0.692 bits per heavy atom. The van der Waals surface area contributed by atoms with E-state index >= 15 is 0 Å². The zero-order valence-corrected chi connectivity index (χ0v) is 8.15. The van der Waals surface area contributed by atoms with E-state index in [9.17, 15) is 0 Å². The Morgan fingerprint density at radius 1 is 0.385 bits per heavy atom. The molecule has 0 unspecified atom stereocenters. The molecule has 0 fully saturated rings. The van der Waals surface area contributed by atoms with Gasteiger partial charge in [-0.1, -0.05) is 48.6 Å². The van der Waals surface area contributed by atoms with Crippen molar-refractivity contribution in [2.45, 2.75) is 32.1 Å². The fraction of sp³-hybridized carbons (Fsp3) is 0.385. The van der Waals surface area contributed by atoms with Crippen LogP contribution in [0.3, 0.4) is 0 Å². The van der Waals surface area contributed by atoms with E-state index in [-0.39, 0.29) is 0 Å². The molecule has 0 amide bonds. The molecule has 0 aromatic carbocycles. The highest BCUT2D eigenvalue weighted by Crippen LogP contribution is 1.99. The summed E-state index contributed by atoms with van der Waals surface area (Å²) >= 11 is 0. The Hall–Kier alpha value is -1.04. The fourth-order valence-electron chi connectivity index (χ4n) is 1.24. The van der Waals surface area contributed by atoms with Crippen LogP contribution in [0.25, 0.3) is 0 Å². The lowest BCUT2D eigenvalue weighted by Crippen LogP contribution is -1.65. The summed E-state index contributed by atoms with van der Waals surface area (Å²) in [5, 5.41) is 0. The summed E-state index contributed by atoms with van der Waals surface area (Å²) in [6, 6.07) is 0. The van der Waals surface area contributed by atoms with Gasteiger partial charge >= 0.3 is 0 Å². The van der Waals surface area contributed by atoms with Gasteiger partial charge in [-0.15, -0.1) is 0 Å². The molecule has 0 heterocycles. The predicted octanol–water partition coefficient (Wildman–Crippen LogP) is 4.18. The Kier molecular flexibility index (Phi) is 5.87. The number of rotatable bonds is 0. The maximum absolute atomic E-state index is 2.26. The van der Waals surface area contributed by atoms with Gasteiger partial charge in [0.15, 0.2) is 0 Å². The lowest BCUT2D eigenvalue weighted by atomic mass is 10.2. The molecule has 0 radical (unpaired) electrons. The van der Waals surface area contributed by atoms with Crippen molar-refractivity contribution in [1.82, 2.24) is 0 Å². The normalized spacial score (nSPS) is 26.5. The van der Waals surface area contributed by atoms with Crippen LogP contribution in [-0.2, 0) is 0 Å². The quantitative estimate of drug-likeness (QED) is 0.483. The molecular weight excluding hydrogens is 156 g/mol. The van der Waals surface area contributed by atoms with Crippen molar-refractivity contribution >= 4 is 0 Å². The molecule has 0 bridgehead atoms. The van der Waals surface area contributed by atoms with Gasteiger partial charge in [0.05, 0.1) is 0 Å². The van der Waals surface area contributed by atoms with Crippen molar-refractivity contribution in [2.75, 3.05) is 0 Å². The van der Waals surface area contributed by atoms with E-state index in [1.807, 2.05) is 0 Å². The molecule has 0 aromatic heterocycles. The average Bonchev–Trinajstić information content (AvgIpc) is 2.18. The van der Waals surface area contributed by atoms with Crippen molar-refractivity contribution in [3.05, 3.63) is 48.6 Å². The first-order valence-corrected chi connectivity index (χ1v) is 5.10. The second-order valence-corrected chi connectivity index (χ2v) is 3.17. The Balaban J connectivity index is 2.38. The van der Waals surface area contributed by atoms with E-state index in [0.29, 0.717) is 0 Å². The summed E-state index contributed by atoms with van der Waals surface area (Å²) in [7, 11) is 0. The van der Waals surface area contributed by atoms with E-state index in [1.165, 1.54) is 12.8 Å². The zero-order chi connectivity index (χ0) is 9.19. The third kappa shape index (κ3) is 6.15. The lowest BCUT2D eigenvalue weighted by Gasteiger charge is -1.85. The van der Waals surface area contributed by atoms with Crippen LogP contribution in [0, 0.1) is 0 Å². The van der Waals surface area contributed by atoms with Crippen LogP contribution in [0.1, 0.15) is 32.1 Å². The minimum atomic E-state index is 1.07. The van der Waals surface area contributed by atoms with Crippen molar-refractivity contribution < 1.29 is 0 Å². The van der Waals surface area contributed by atoms with Gasteiger partial charge in [0, 0.05) is 0 Å². The maximum atomic E-state index is 2.26. The van der Waals surface area contributed by atoms with Crippen LogP contribution < -0.4 is 0 Å². The molecule has 1 aliphatic carbocycles. The van der Waals surface area contributed by atoms with Gasteiger partial charge in [-0.05, 0) is 32.1 Å². The Morgan fingerprint density at radius 3 is 1.08 bits per heavy atom. The van der Waals surface area contributed by atoms with E-state index in [0.717, 1.165) is 19.3 Å². The molecule has 0 aliphatic heterocycles. The molecule has 0 N–H and O–H groups in total. The summed E-state index contributed by atoms with van der Waals surface area (Å²) < 4.78 is 0. The van der Waals surface area contributed by atoms with Crippen molar-refractivity contribution in [3.63, 3.8) is 0 Å². The second kappa shape index (κ2) is 7.60. The molecule has 1 aliphatic rings. The van der Waals surface area contributed by atoms with Gasteiger partial charge in [-0.2, -0.15) is 0 Å². The fourth-order valence-corrected chi connectivity index (χ4v) is 1.24. The highest BCUT2D eigenvalue weighted by molar-refractivity contribution is 5.00. The Labute approximate surface area is 81.4 Å². The van der Waals surface area contributed by atoms with Gasteiger partial charge in [0.2, 0.25) is 0 Å². The topological polar surface area (TPSA) is 0 Å². The smallest absolute Gasteiger partial charge is 0.0169 e. The number of allylic oxidation sites excluding steroid dienone is 8. The first-order valence-electron chi connectivity index (χ1n) is 5.10. The highest BCUT2D eigenvalue weighted by atomic mass is 13.9. The van der Waals surface area contributed by atoms with Crippen LogP contribution in [-0.4, -0.2) is 0 Å². The maximum Gasteiger partial charge on any atom is -0.0169 e. The molecule has 0 heteroatoms. The molecule has 0 aromatic rings. The molecule has 13 heavy (non-hydrogen) atoms. The summed E-state index contributed by atoms with van der Waals surface area (Å²) in [6.07, 6.45) is 23.5. The predicted molar refractivity (Wildman–Crippen MR) is 59.6 cm³/mol. The van der Waals surface area contributed by atoms with Crippen molar-refractivity contribution in [3.8, 4) is 0 Å². The average molecular weight is 174 g/mol. The standard InChI is InChI=1S/C13H18/c1-2-4-6-8-10-12-13-11-9-7-5-3-1/h1-2,5-8,11,13H,3-4,9-10,12H2/b2-1+,7-5?,8-6-,13-11+. The molecule has 0 saturated heterocycles. The molecule has 0 atom stereocenters. The monoisotopic (exact) mass is 174 g/mol. The van der Waals surface area contributed by atoms with Gasteiger partial charge in [0.1, 0.15) is 0 Å². The number of hydrogen-bond acceptors (Lipinski definition) is 0. The minimum Gasteiger partial charge on any atom is -0.0879 e. The third-order valence-electron chi connectivity index (χ3n) is 1.98. The van der Waals surface area contributed by atoms with Crippen LogP contribution >= 0.6 is 0 Å². The van der Waals surface area contributed by atoms with Crippen LogP contribution in [0.4, 0.5) is 0 Å². The zero-order valence-electron chi connectivity index (χ0n) is 8.15. The highest BCUT2D eigenvalue weighted by Gasteiger charge is 1.78. The summed E-state index contributed by atoms with van der Waals surface area (Å²) in [4.78, 5) is 0. The third-order valence-corrected chi connectivity index (χ3v) is 1.98. The summed E-state index contributed by atoms with van der Waals surface area (Å²) in [5.41, 5.74) is 0. The largest absolute Gasteiger partial charge is 0.0879 e. The first-order chi connectivity index (χ1) is 6.50. The van der Waals surface area contributed by atoms with Gasteiger partial charge in [-0.25, -0.2) is 0 Å². The van der Waals surface area contributed by atoms with Gasteiger partial charge in [-0.3, -0.25) is 0 Å². The van der Waals surface area contributed by atoms with Crippen molar-refractivity contribution in [2.24, 2.45) is 0 Å². The van der Waals surface area contributed by atoms with Crippen molar-refractivity contribution in [1.29, 1.82) is 0 Å². The molecule has 0 nitrogen and oxygen atoms in total. The van der Waals surface area contributed by atoms with Crippen LogP contribution in [0.15, 0.2) is 48.6 Å². The van der Waals surface area contributed by atoms with E-state index in [4.69, 9.17) is 0 Å². The molecular formula is C13H18. The van der Waals surface area contributed by atoms with E-state index in [1.54, 1.807) is 0 Å². The molecule has 0 saturated carbocycles. The molecule has 70 valence electrons. The van der Waals surface area contributed by atoms with E-state index in [2.05, 4.69) is 48.6 Å². The minimum absolute atomic E-state index is 1.07. The summed E-state index contributed by atoms with van der Waals surface area (Å²) in [5.74, 6) is 0. The lowest BCUT2D eigenvalue weighted by molar-refractivity contribution is 1.04.